The number of hydrogen-bond acceptors (Lipinski definition) is 2. The van der Waals surface area contributed by atoms with Crippen LogP contribution in [0.25, 0.3) is 0 Å². The van der Waals surface area contributed by atoms with Crippen molar-refractivity contribution < 1.29 is 4.79 Å². The van der Waals surface area contributed by atoms with Crippen LogP contribution in [0.5, 0.6) is 0 Å². The highest BCUT2D eigenvalue weighted by molar-refractivity contribution is 5.84. The molecule has 1 fully saturated rings. The molecule has 116 valence electrons. The molecule has 1 aliphatic heterocycles. The first-order valence-corrected chi connectivity index (χ1v) is 8.15. The van der Waals surface area contributed by atoms with E-state index in [-0.39, 0.29) is 11.8 Å². The summed E-state index contributed by atoms with van der Waals surface area (Å²) < 4.78 is 0. The van der Waals surface area contributed by atoms with Crippen LogP contribution in [-0.4, -0.2) is 37.0 Å². The number of rotatable bonds is 5. The molecule has 0 bridgehead atoms. The van der Waals surface area contributed by atoms with Gasteiger partial charge in [0.1, 0.15) is 0 Å². The Morgan fingerprint density at radius 2 is 1.90 bits per heavy atom. The van der Waals surface area contributed by atoms with Gasteiger partial charge in [0.05, 0.1) is 5.92 Å². The van der Waals surface area contributed by atoms with Crippen molar-refractivity contribution in [1.82, 2.24) is 10.2 Å². The predicted molar refractivity (Wildman–Crippen MR) is 87.3 cm³/mol. The molecule has 3 heteroatoms. The van der Waals surface area contributed by atoms with Gasteiger partial charge in [-0.25, -0.2) is 0 Å². The number of amides is 1. The lowest BCUT2D eigenvalue weighted by Gasteiger charge is -2.31. The third-order valence-corrected chi connectivity index (χ3v) is 4.72. The van der Waals surface area contributed by atoms with Crippen molar-refractivity contribution in [2.45, 2.75) is 45.1 Å². The standard InChI is InChI=1S/C18H28N2O/c1-4-14(2)17(15-8-6-5-7-9-15)18(21)19-16-10-12-20(3)13-11-16/h5-9,14,16-17H,4,10-13H2,1-3H3,(H,19,21). The van der Waals surface area contributed by atoms with Crippen LogP contribution in [0.3, 0.4) is 0 Å². The van der Waals surface area contributed by atoms with Crippen LogP contribution in [0.15, 0.2) is 30.3 Å². The third kappa shape index (κ3) is 4.31. The number of hydrogen-bond donors (Lipinski definition) is 1. The van der Waals surface area contributed by atoms with E-state index in [1.54, 1.807) is 0 Å². The molecule has 21 heavy (non-hydrogen) atoms. The molecule has 0 aliphatic carbocycles. The van der Waals surface area contributed by atoms with Gasteiger partial charge in [-0.2, -0.15) is 0 Å². The average molecular weight is 288 g/mol. The molecule has 1 aromatic carbocycles. The highest BCUT2D eigenvalue weighted by Gasteiger charge is 2.28. The SMILES string of the molecule is CCC(C)C(C(=O)NC1CCN(C)CC1)c1ccccc1. The minimum Gasteiger partial charge on any atom is -0.353 e. The molecule has 1 N–H and O–H groups in total. The van der Waals surface area contributed by atoms with Crippen LogP contribution in [0.4, 0.5) is 0 Å². The van der Waals surface area contributed by atoms with Crippen molar-refractivity contribution in [1.29, 1.82) is 0 Å². The molecule has 2 unspecified atom stereocenters. The summed E-state index contributed by atoms with van der Waals surface area (Å²) in [6.07, 6.45) is 3.13. The lowest BCUT2D eigenvalue weighted by molar-refractivity contribution is -0.124. The summed E-state index contributed by atoms with van der Waals surface area (Å²) in [4.78, 5) is 15.1. The minimum atomic E-state index is -0.0316. The zero-order valence-electron chi connectivity index (χ0n) is 13.5. The molecule has 0 radical (unpaired) electrons. The maximum Gasteiger partial charge on any atom is 0.228 e. The van der Waals surface area contributed by atoms with E-state index in [0.717, 1.165) is 37.9 Å². The number of piperidine rings is 1. The van der Waals surface area contributed by atoms with Crippen molar-refractivity contribution in [3.8, 4) is 0 Å². The molecule has 2 atom stereocenters. The van der Waals surface area contributed by atoms with Gasteiger partial charge in [-0.1, -0.05) is 50.6 Å². The topological polar surface area (TPSA) is 32.3 Å². The van der Waals surface area contributed by atoms with Crippen LogP contribution in [-0.2, 0) is 4.79 Å². The van der Waals surface area contributed by atoms with Crippen LogP contribution in [0.1, 0.15) is 44.6 Å². The molecular weight excluding hydrogens is 260 g/mol. The summed E-state index contributed by atoms with van der Waals surface area (Å²) >= 11 is 0. The Morgan fingerprint density at radius 3 is 2.48 bits per heavy atom. The third-order valence-electron chi connectivity index (χ3n) is 4.72. The molecule has 1 aliphatic rings. The van der Waals surface area contributed by atoms with E-state index in [1.165, 1.54) is 0 Å². The number of likely N-dealkylation sites (tertiary alicyclic amines) is 1. The van der Waals surface area contributed by atoms with Gasteiger partial charge in [-0.15, -0.1) is 0 Å². The zero-order chi connectivity index (χ0) is 15.2. The first-order valence-electron chi connectivity index (χ1n) is 8.15. The maximum absolute atomic E-state index is 12.8. The van der Waals surface area contributed by atoms with E-state index >= 15 is 0 Å². The Labute approximate surface area is 128 Å². The van der Waals surface area contributed by atoms with E-state index < -0.39 is 0 Å². The molecule has 1 saturated heterocycles. The highest BCUT2D eigenvalue weighted by atomic mass is 16.2. The summed E-state index contributed by atoms with van der Waals surface area (Å²) in [6.45, 7) is 6.48. The molecule has 1 amide bonds. The highest BCUT2D eigenvalue weighted by Crippen LogP contribution is 2.27. The number of benzene rings is 1. The van der Waals surface area contributed by atoms with Gasteiger partial charge in [-0.05, 0) is 44.5 Å². The molecule has 0 saturated carbocycles. The number of nitrogens with one attached hydrogen (secondary N) is 1. The number of carbonyl (C=O) groups is 1. The quantitative estimate of drug-likeness (QED) is 0.903. The van der Waals surface area contributed by atoms with Gasteiger partial charge in [0, 0.05) is 6.04 Å². The largest absolute Gasteiger partial charge is 0.353 e. The van der Waals surface area contributed by atoms with Crippen molar-refractivity contribution in [2.24, 2.45) is 5.92 Å². The Hall–Kier alpha value is -1.35. The zero-order valence-corrected chi connectivity index (χ0v) is 13.5. The van der Waals surface area contributed by atoms with E-state index in [9.17, 15) is 4.79 Å². The molecule has 1 heterocycles. The van der Waals surface area contributed by atoms with Crippen molar-refractivity contribution in [2.75, 3.05) is 20.1 Å². The van der Waals surface area contributed by atoms with Gasteiger partial charge < -0.3 is 10.2 Å². The Balaban J connectivity index is 2.05. The van der Waals surface area contributed by atoms with Crippen LogP contribution >= 0.6 is 0 Å². The summed E-state index contributed by atoms with van der Waals surface area (Å²) in [5, 5.41) is 3.29. The Bertz CT molecular complexity index is 438. The summed E-state index contributed by atoms with van der Waals surface area (Å²) in [5.74, 6) is 0.527. The first kappa shape index (κ1) is 16.0. The molecular formula is C18H28N2O. The van der Waals surface area contributed by atoms with Gasteiger partial charge in [0.15, 0.2) is 0 Å². The van der Waals surface area contributed by atoms with E-state index in [1.807, 2.05) is 18.2 Å². The Morgan fingerprint density at radius 1 is 1.29 bits per heavy atom. The van der Waals surface area contributed by atoms with Crippen molar-refractivity contribution in [3.63, 3.8) is 0 Å². The fourth-order valence-corrected chi connectivity index (χ4v) is 3.08. The lowest BCUT2D eigenvalue weighted by Crippen LogP contribution is -2.45. The van der Waals surface area contributed by atoms with Gasteiger partial charge >= 0.3 is 0 Å². The predicted octanol–water partition coefficient (Wildman–Crippen LogP) is 3.03. The van der Waals surface area contributed by atoms with E-state index in [4.69, 9.17) is 0 Å². The van der Waals surface area contributed by atoms with Gasteiger partial charge in [0.25, 0.3) is 0 Å². The first-order chi connectivity index (χ1) is 10.1. The minimum absolute atomic E-state index is 0.0316. The van der Waals surface area contributed by atoms with Gasteiger partial charge in [0.2, 0.25) is 5.91 Å². The smallest absolute Gasteiger partial charge is 0.228 e. The van der Waals surface area contributed by atoms with Gasteiger partial charge in [-0.3, -0.25) is 4.79 Å². The second-order valence-corrected chi connectivity index (χ2v) is 6.36. The monoisotopic (exact) mass is 288 g/mol. The second-order valence-electron chi connectivity index (χ2n) is 6.36. The normalized spacial score (nSPS) is 20.0. The van der Waals surface area contributed by atoms with Crippen LogP contribution in [0.2, 0.25) is 0 Å². The van der Waals surface area contributed by atoms with E-state index in [2.05, 4.69) is 43.2 Å². The molecule has 0 aromatic heterocycles. The fraction of sp³-hybridized carbons (Fsp3) is 0.611. The molecule has 0 spiro atoms. The maximum atomic E-state index is 12.8. The molecule has 3 nitrogen and oxygen atoms in total. The van der Waals surface area contributed by atoms with Crippen LogP contribution in [0, 0.1) is 5.92 Å². The molecule has 2 rings (SSSR count). The second kappa shape index (κ2) is 7.60. The van der Waals surface area contributed by atoms with E-state index in [0.29, 0.717) is 12.0 Å². The average Bonchev–Trinajstić information content (AvgIpc) is 2.50. The summed E-state index contributed by atoms with van der Waals surface area (Å²) in [6, 6.07) is 10.5. The van der Waals surface area contributed by atoms with Crippen molar-refractivity contribution >= 4 is 5.91 Å². The molecule has 1 aromatic rings. The fourth-order valence-electron chi connectivity index (χ4n) is 3.08. The van der Waals surface area contributed by atoms with Crippen molar-refractivity contribution in [3.05, 3.63) is 35.9 Å². The lowest BCUT2D eigenvalue weighted by atomic mass is 9.84. The Kier molecular flexibility index (Phi) is 5.80. The number of carbonyl (C=O) groups excluding carboxylic acids is 1. The van der Waals surface area contributed by atoms with Crippen LogP contribution < -0.4 is 5.32 Å². The summed E-state index contributed by atoms with van der Waals surface area (Å²) in [7, 11) is 2.14. The number of nitrogens with zero attached hydrogens (tertiary/aromatic N) is 1. The summed E-state index contributed by atoms with van der Waals surface area (Å²) in [5.41, 5.74) is 1.14.